The summed E-state index contributed by atoms with van der Waals surface area (Å²) in [5.41, 5.74) is 2.09. The predicted molar refractivity (Wildman–Crippen MR) is 116 cm³/mol. The quantitative estimate of drug-likeness (QED) is 0.581. The number of Topliss-reactive ketones (excluding diaryl/α,β-unsaturated/α-hetero) is 1. The fraction of sp³-hybridized carbons (Fsp3) is 0.731. The van der Waals surface area contributed by atoms with Crippen LogP contribution in [-0.4, -0.2) is 24.1 Å². The Morgan fingerprint density at radius 1 is 1.20 bits per heavy atom. The Kier molecular flexibility index (Phi) is 5.57. The third-order valence-corrected chi connectivity index (χ3v) is 9.12. The number of unbranched alkanes of at least 4 members (excludes halogenated alkanes) is 1. The van der Waals surface area contributed by atoms with Crippen LogP contribution in [0.2, 0.25) is 0 Å². The Bertz CT molecular complexity index is 821. The smallest absolute Gasteiger partial charge is 0.305 e. The topological polar surface area (TPSA) is 60.4 Å². The average Bonchev–Trinajstić information content (AvgIpc) is 2.96. The number of esters is 1. The van der Waals surface area contributed by atoms with E-state index >= 15 is 0 Å². The first kappa shape index (κ1) is 21.5. The molecule has 4 aliphatic rings. The Hall–Kier alpha value is -1.71. The number of ether oxygens (including phenoxy) is 1. The zero-order valence-corrected chi connectivity index (χ0v) is 19.0. The number of carbonyl (C=O) groups excluding carboxylic acids is 3. The maximum Gasteiger partial charge on any atom is 0.305 e. The molecule has 4 heteroatoms. The molecule has 0 aromatic rings. The molecule has 0 aromatic heterocycles. The maximum absolute atomic E-state index is 13.1. The average molecular weight is 413 g/mol. The molecule has 0 aliphatic heterocycles. The highest BCUT2D eigenvalue weighted by Gasteiger charge is 2.62. The summed E-state index contributed by atoms with van der Waals surface area (Å²) in [6, 6.07) is 0. The van der Waals surface area contributed by atoms with Gasteiger partial charge in [-0.3, -0.25) is 14.4 Å². The van der Waals surface area contributed by atoms with Crippen molar-refractivity contribution in [3.8, 4) is 0 Å². The van der Waals surface area contributed by atoms with E-state index in [-0.39, 0.29) is 34.4 Å². The van der Waals surface area contributed by atoms with Crippen molar-refractivity contribution in [3.63, 3.8) is 0 Å². The van der Waals surface area contributed by atoms with Crippen LogP contribution in [0.4, 0.5) is 0 Å². The van der Waals surface area contributed by atoms with Crippen LogP contribution in [0.25, 0.3) is 0 Å². The maximum atomic E-state index is 13.1. The van der Waals surface area contributed by atoms with Gasteiger partial charge in [0.1, 0.15) is 5.78 Å². The lowest BCUT2D eigenvalue weighted by atomic mass is 9.46. The lowest BCUT2D eigenvalue weighted by molar-refractivity contribution is -0.147. The van der Waals surface area contributed by atoms with Crippen molar-refractivity contribution in [2.45, 2.75) is 79.1 Å². The van der Waals surface area contributed by atoms with Crippen LogP contribution >= 0.6 is 0 Å². The van der Waals surface area contributed by atoms with E-state index in [1.165, 1.54) is 11.1 Å². The summed E-state index contributed by atoms with van der Waals surface area (Å²) in [6.45, 7) is 9.03. The monoisotopic (exact) mass is 412 g/mol. The van der Waals surface area contributed by atoms with Gasteiger partial charge in [0.15, 0.2) is 5.78 Å². The second kappa shape index (κ2) is 7.76. The molecule has 30 heavy (non-hydrogen) atoms. The van der Waals surface area contributed by atoms with Crippen LogP contribution < -0.4 is 0 Å². The number of allylic oxidation sites excluding steroid dienone is 4. The lowest BCUT2D eigenvalue weighted by Gasteiger charge is -2.57. The molecule has 3 saturated carbocycles. The molecule has 0 unspecified atom stereocenters. The van der Waals surface area contributed by atoms with Gasteiger partial charge in [-0.15, -0.1) is 0 Å². The zero-order chi connectivity index (χ0) is 21.7. The second-order valence-electron chi connectivity index (χ2n) is 10.6. The Labute approximate surface area is 180 Å². The fourth-order valence-electron chi connectivity index (χ4n) is 7.37. The number of ketones is 2. The number of hydrogen-bond donors (Lipinski definition) is 0. The van der Waals surface area contributed by atoms with Gasteiger partial charge in [0.2, 0.25) is 0 Å². The largest absolute Gasteiger partial charge is 0.465 e. The highest BCUT2D eigenvalue weighted by Crippen LogP contribution is 2.66. The van der Waals surface area contributed by atoms with Crippen molar-refractivity contribution in [1.82, 2.24) is 0 Å². The van der Waals surface area contributed by atoms with Gasteiger partial charge in [0.05, 0.1) is 6.61 Å². The number of carbonyl (C=O) groups is 3. The molecular weight excluding hydrogens is 376 g/mol. The van der Waals surface area contributed by atoms with E-state index in [9.17, 15) is 14.4 Å². The van der Waals surface area contributed by atoms with E-state index in [0.717, 1.165) is 38.5 Å². The van der Waals surface area contributed by atoms with Crippen molar-refractivity contribution in [3.05, 3.63) is 23.3 Å². The van der Waals surface area contributed by atoms with Gasteiger partial charge < -0.3 is 4.74 Å². The van der Waals surface area contributed by atoms with Crippen LogP contribution in [0, 0.1) is 34.5 Å². The molecule has 0 saturated heterocycles. The molecule has 4 rings (SSSR count). The normalized spacial score (nSPS) is 40.1. The first-order valence-corrected chi connectivity index (χ1v) is 11.8. The summed E-state index contributed by atoms with van der Waals surface area (Å²) >= 11 is 0. The molecule has 164 valence electrons. The molecule has 0 bridgehead atoms. The minimum absolute atomic E-state index is 0.0772. The molecule has 0 heterocycles. The van der Waals surface area contributed by atoms with Crippen molar-refractivity contribution >= 4 is 17.5 Å². The van der Waals surface area contributed by atoms with E-state index in [2.05, 4.69) is 27.7 Å². The standard InChI is InChI=1S/C26H36O4/c1-5-6-7-23(29)30-15-17-13-22(28)25(3)11-10-21-20(24(17)25)9-8-18-14-19(27)12-16(2)26(18,21)4/h12,14,17,20-21,24H,5-11,13,15H2,1-4H3/t17-,20-,21+,24+,25-,26+/m1/s1. The second-order valence-corrected chi connectivity index (χ2v) is 10.6. The van der Waals surface area contributed by atoms with Crippen LogP contribution in [0.15, 0.2) is 23.3 Å². The molecule has 0 radical (unpaired) electrons. The molecule has 3 fully saturated rings. The molecule has 4 aliphatic carbocycles. The molecule has 0 aromatic carbocycles. The first-order valence-electron chi connectivity index (χ1n) is 11.8. The van der Waals surface area contributed by atoms with Gasteiger partial charge >= 0.3 is 5.97 Å². The van der Waals surface area contributed by atoms with Crippen molar-refractivity contribution < 1.29 is 19.1 Å². The first-order chi connectivity index (χ1) is 14.2. The molecule has 0 N–H and O–H groups in total. The van der Waals surface area contributed by atoms with E-state index in [0.29, 0.717) is 37.1 Å². The zero-order valence-electron chi connectivity index (χ0n) is 19.0. The van der Waals surface area contributed by atoms with Gasteiger partial charge in [0.25, 0.3) is 0 Å². The van der Waals surface area contributed by atoms with E-state index in [4.69, 9.17) is 4.74 Å². The highest BCUT2D eigenvalue weighted by atomic mass is 16.5. The molecule has 0 spiro atoms. The van der Waals surface area contributed by atoms with Gasteiger partial charge in [-0.25, -0.2) is 0 Å². The van der Waals surface area contributed by atoms with Gasteiger partial charge in [-0.1, -0.05) is 38.3 Å². The number of hydrogen-bond acceptors (Lipinski definition) is 4. The summed E-state index contributed by atoms with van der Waals surface area (Å²) in [4.78, 5) is 37.4. The van der Waals surface area contributed by atoms with Crippen LogP contribution in [0.3, 0.4) is 0 Å². The third-order valence-electron chi connectivity index (χ3n) is 9.12. The van der Waals surface area contributed by atoms with Gasteiger partial charge in [-0.2, -0.15) is 0 Å². The Balaban J connectivity index is 1.59. The minimum Gasteiger partial charge on any atom is -0.465 e. The van der Waals surface area contributed by atoms with Crippen molar-refractivity contribution in [1.29, 1.82) is 0 Å². The third kappa shape index (κ3) is 3.22. The Morgan fingerprint density at radius 2 is 1.97 bits per heavy atom. The van der Waals surface area contributed by atoms with E-state index < -0.39 is 0 Å². The van der Waals surface area contributed by atoms with E-state index in [1.54, 1.807) is 0 Å². The number of rotatable bonds is 5. The van der Waals surface area contributed by atoms with E-state index in [1.807, 2.05) is 12.2 Å². The van der Waals surface area contributed by atoms with Crippen molar-refractivity contribution in [2.24, 2.45) is 34.5 Å². The van der Waals surface area contributed by atoms with Gasteiger partial charge in [0, 0.05) is 29.6 Å². The summed E-state index contributed by atoms with van der Waals surface area (Å²) in [7, 11) is 0. The molecule has 0 amide bonds. The SMILES string of the molecule is CCCCC(=O)OC[C@H]1CC(=O)[C@@]2(C)CC[C@H]3[C@@H](CCC4=CC(=O)C=C(C)[C@@]43C)[C@H]12. The van der Waals surface area contributed by atoms with Crippen LogP contribution in [0.5, 0.6) is 0 Å². The fourth-order valence-corrected chi connectivity index (χ4v) is 7.37. The summed E-state index contributed by atoms with van der Waals surface area (Å²) in [6.07, 6.45) is 10.4. The number of fused-ring (bicyclic) bond motifs is 5. The molecule has 6 atom stereocenters. The Morgan fingerprint density at radius 3 is 2.70 bits per heavy atom. The summed E-state index contributed by atoms with van der Waals surface area (Å²) in [5, 5.41) is 0. The summed E-state index contributed by atoms with van der Waals surface area (Å²) in [5.74, 6) is 1.63. The molecule has 4 nitrogen and oxygen atoms in total. The lowest BCUT2D eigenvalue weighted by Crippen LogP contribution is -2.52. The highest BCUT2D eigenvalue weighted by molar-refractivity contribution is 6.02. The van der Waals surface area contributed by atoms with Crippen LogP contribution in [0.1, 0.15) is 79.1 Å². The van der Waals surface area contributed by atoms with Crippen molar-refractivity contribution in [2.75, 3.05) is 6.61 Å². The minimum atomic E-state index is -0.290. The molecular formula is C26H36O4. The van der Waals surface area contributed by atoms with Crippen LogP contribution in [-0.2, 0) is 19.1 Å². The van der Waals surface area contributed by atoms with Gasteiger partial charge in [-0.05, 0) is 68.9 Å². The predicted octanol–water partition coefficient (Wildman–Crippen LogP) is 5.21. The summed E-state index contributed by atoms with van der Waals surface area (Å²) < 4.78 is 5.66.